The number of carbonyl (C=O) groups excluding carboxylic acids is 3. The van der Waals surface area contributed by atoms with Crippen LogP contribution in [-0.4, -0.2) is 85.0 Å². The van der Waals surface area contributed by atoms with Crippen molar-refractivity contribution in [2.45, 2.75) is 6.92 Å². The molecule has 1 N–H and O–H groups in total. The molecule has 148 valence electrons. The summed E-state index contributed by atoms with van der Waals surface area (Å²) in [5.41, 5.74) is 1.92. The van der Waals surface area contributed by atoms with Gasteiger partial charge in [-0.1, -0.05) is 6.07 Å². The Morgan fingerprint density at radius 1 is 0.964 bits per heavy atom. The number of urea groups is 1. The van der Waals surface area contributed by atoms with Gasteiger partial charge in [-0.25, -0.2) is 4.79 Å². The minimum Gasteiger partial charge on any atom is -0.378 e. The fraction of sp³-hybridized carbons (Fsp3) is 0.474. The number of nitriles is 1. The molecule has 0 aromatic heterocycles. The van der Waals surface area contributed by atoms with Crippen LogP contribution in [0.4, 0.5) is 10.5 Å². The van der Waals surface area contributed by atoms with Crippen LogP contribution in [-0.2, 0) is 14.3 Å². The van der Waals surface area contributed by atoms with E-state index in [1.807, 2.05) is 6.92 Å². The third kappa shape index (κ3) is 4.40. The van der Waals surface area contributed by atoms with Gasteiger partial charge in [-0.05, 0) is 24.6 Å². The van der Waals surface area contributed by atoms with E-state index in [1.165, 1.54) is 9.80 Å². The first kappa shape index (κ1) is 19.6. The van der Waals surface area contributed by atoms with E-state index < -0.39 is 11.8 Å². The highest BCUT2D eigenvalue weighted by atomic mass is 16.5. The smallest absolute Gasteiger partial charge is 0.321 e. The molecule has 0 unspecified atom stereocenters. The van der Waals surface area contributed by atoms with E-state index in [-0.39, 0.29) is 6.03 Å². The highest BCUT2D eigenvalue weighted by Crippen LogP contribution is 2.17. The first-order chi connectivity index (χ1) is 13.5. The Bertz CT molecular complexity index is 805. The monoisotopic (exact) mass is 385 g/mol. The maximum Gasteiger partial charge on any atom is 0.321 e. The molecule has 2 saturated heterocycles. The number of benzene rings is 1. The summed E-state index contributed by atoms with van der Waals surface area (Å²) in [6.45, 7) is 4.88. The number of anilines is 1. The van der Waals surface area contributed by atoms with Gasteiger partial charge in [-0.15, -0.1) is 0 Å². The first-order valence-electron chi connectivity index (χ1n) is 9.22. The van der Waals surface area contributed by atoms with E-state index in [4.69, 9.17) is 10.00 Å². The number of rotatable bonds is 1. The Morgan fingerprint density at radius 2 is 1.54 bits per heavy atom. The van der Waals surface area contributed by atoms with Gasteiger partial charge in [-0.2, -0.15) is 5.26 Å². The number of amides is 4. The van der Waals surface area contributed by atoms with Crippen molar-refractivity contribution in [2.24, 2.45) is 0 Å². The van der Waals surface area contributed by atoms with E-state index in [0.717, 1.165) is 5.56 Å². The topological polar surface area (TPSA) is 106 Å². The molecule has 0 aliphatic carbocycles. The van der Waals surface area contributed by atoms with Gasteiger partial charge < -0.3 is 24.8 Å². The normalized spacial score (nSPS) is 17.1. The zero-order valence-electron chi connectivity index (χ0n) is 15.8. The number of hydrogen-bond acceptors (Lipinski definition) is 5. The van der Waals surface area contributed by atoms with Crippen molar-refractivity contribution in [3.63, 3.8) is 0 Å². The van der Waals surface area contributed by atoms with E-state index in [9.17, 15) is 14.4 Å². The minimum atomic E-state index is -0.528. The van der Waals surface area contributed by atoms with Crippen LogP contribution in [0.15, 0.2) is 18.2 Å². The molecule has 0 saturated carbocycles. The Labute approximate surface area is 163 Å². The van der Waals surface area contributed by atoms with Crippen molar-refractivity contribution in [3.05, 3.63) is 29.3 Å². The average molecular weight is 385 g/mol. The van der Waals surface area contributed by atoms with Crippen LogP contribution in [0.5, 0.6) is 0 Å². The Balaban J connectivity index is 1.53. The van der Waals surface area contributed by atoms with Gasteiger partial charge in [0.25, 0.3) is 0 Å². The van der Waals surface area contributed by atoms with E-state index in [1.54, 1.807) is 23.1 Å². The van der Waals surface area contributed by atoms with Crippen molar-refractivity contribution < 1.29 is 19.1 Å². The Morgan fingerprint density at radius 3 is 2.14 bits per heavy atom. The lowest BCUT2D eigenvalue weighted by Gasteiger charge is -2.35. The Kier molecular flexibility index (Phi) is 6.11. The fourth-order valence-electron chi connectivity index (χ4n) is 3.17. The predicted molar refractivity (Wildman–Crippen MR) is 100 cm³/mol. The molecule has 1 aromatic rings. The molecule has 2 aliphatic rings. The largest absolute Gasteiger partial charge is 0.378 e. The molecule has 2 aliphatic heterocycles. The summed E-state index contributed by atoms with van der Waals surface area (Å²) < 4.78 is 5.20. The lowest BCUT2D eigenvalue weighted by molar-refractivity contribution is -0.154. The highest BCUT2D eigenvalue weighted by Gasteiger charge is 2.31. The quantitative estimate of drug-likeness (QED) is 0.705. The van der Waals surface area contributed by atoms with Gasteiger partial charge in [0.1, 0.15) is 0 Å². The summed E-state index contributed by atoms with van der Waals surface area (Å²) in [4.78, 5) is 41.9. The average Bonchev–Trinajstić information content (AvgIpc) is 2.75. The fourth-order valence-corrected chi connectivity index (χ4v) is 3.17. The van der Waals surface area contributed by atoms with Crippen LogP contribution in [0.1, 0.15) is 11.1 Å². The number of nitrogens with zero attached hydrogens (tertiary/aromatic N) is 4. The number of nitrogens with one attached hydrogen (secondary N) is 1. The van der Waals surface area contributed by atoms with Crippen LogP contribution in [0, 0.1) is 18.3 Å². The minimum absolute atomic E-state index is 0.287. The Hall–Kier alpha value is -3.12. The summed E-state index contributed by atoms with van der Waals surface area (Å²) in [5.74, 6) is -1.04. The molecule has 3 rings (SSSR count). The summed E-state index contributed by atoms with van der Waals surface area (Å²) >= 11 is 0. The van der Waals surface area contributed by atoms with Crippen molar-refractivity contribution in [1.82, 2.24) is 14.7 Å². The summed E-state index contributed by atoms with van der Waals surface area (Å²) in [5, 5.41) is 11.8. The summed E-state index contributed by atoms with van der Waals surface area (Å²) in [6, 6.07) is 6.87. The maximum atomic E-state index is 12.5. The third-order valence-corrected chi connectivity index (χ3v) is 4.94. The third-order valence-electron chi connectivity index (χ3n) is 4.94. The van der Waals surface area contributed by atoms with Gasteiger partial charge >= 0.3 is 17.8 Å². The molecule has 28 heavy (non-hydrogen) atoms. The molecule has 0 radical (unpaired) electrons. The number of piperazine rings is 1. The van der Waals surface area contributed by atoms with Gasteiger partial charge in [0.15, 0.2) is 0 Å². The van der Waals surface area contributed by atoms with Crippen LogP contribution < -0.4 is 5.32 Å². The number of morpholine rings is 1. The molecule has 2 fully saturated rings. The summed E-state index contributed by atoms with van der Waals surface area (Å²) in [6.07, 6.45) is 0. The van der Waals surface area contributed by atoms with E-state index in [2.05, 4.69) is 11.4 Å². The van der Waals surface area contributed by atoms with Gasteiger partial charge in [0.05, 0.1) is 24.8 Å². The van der Waals surface area contributed by atoms with Crippen LogP contribution in [0.25, 0.3) is 0 Å². The molecule has 1 aromatic carbocycles. The molecule has 0 spiro atoms. The second-order valence-electron chi connectivity index (χ2n) is 6.76. The molecule has 2 heterocycles. The second kappa shape index (κ2) is 8.71. The number of ether oxygens (including phenoxy) is 1. The zero-order chi connectivity index (χ0) is 20.1. The van der Waals surface area contributed by atoms with Crippen molar-refractivity contribution in [3.8, 4) is 6.07 Å². The van der Waals surface area contributed by atoms with Gasteiger partial charge in [-0.3, -0.25) is 9.59 Å². The first-order valence-corrected chi connectivity index (χ1v) is 9.22. The van der Waals surface area contributed by atoms with Gasteiger partial charge in [0.2, 0.25) is 0 Å². The van der Waals surface area contributed by atoms with E-state index >= 15 is 0 Å². The molecular weight excluding hydrogens is 362 g/mol. The molecule has 9 heteroatoms. The predicted octanol–water partition coefficient (Wildman–Crippen LogP) is 0.402. The van der Waals surface area contributed by atoms with Crippen molar-refractivity contribution in [2.75, 3.05) is 57.8 Å². The van der Waals surface area contributed by atoms with E-state index in [0.29, 0.717) is 63.7 Å². The zero-order valence-corrected chi connectivity index (χ0v) is 15.8. The van der Waals surface area contributed by atoms with Crippen molar-refractivity contribution >= 4 is 23.5 Å². The highest BCUT2D eigenvalue weighted by molar-refractivity contribution is 6.34. The molecule has 4 amide bonds. The molecule has 0 atom stereocenters. The maximum absolute atomic E-state index is 12.5. The standard InChI is InChI=1S/C19H23N5O4/c1-14-2-3-15(13-20)12-16(14)21-19(27)24-6-4-22(5-7-24)17(25)18(26)23-8-10-28-11-9-23/h2-3,12H,4-11H2,1H3,(H,21,27). The summed E-state index contributed by atoms with van der Waals surface area (Å²) in [7, 11) is 0. The number of aryl methyl sites for hydroxylation is 1. The van der Waals surface area contributed by atoms with Gasteiger partial charge in [0, 0.05) is 45.0 Å². The van der Waals surface area contributed by atoms with Crippen LogP contribution in [0.3, 0.4) is 0 Å². The number of hydrogen-bond donors (Lipinski definition) is 1. The van der Waals surface area contributed by atoms with Crippen LogP contribution in [0.2, 0.25) is 0 Å². The second-order valence-corrected chi connectivity index (χ2v) is 6.76. The lowest BCUT2D eigenvalue weighted by atomic mass is 10.1. The SMILES string of the molecule is Cc1ccc(C#N)cc1NC(=O)N1CCN(C(=O)C(=O)N2CCOCC2)CC1. The van der Waals surface area contributed by atoms with Crippen LogP contribution >= 0.6 is 0 Å². The number of carbonyl (C=O) groups is 3. The molecule has 0 bridgehead atoms. The van der Waals surface area contributed by atoms with Crippen molar-refractivity contribution in [1.29, 1.82) is 5.26 Å². The molecule has 9 nitrogen and oxygen atoms in total. The molecular formula is C19H23N5O4. The lowest BCUT2D eigenvalue weighted by Crippen LogP contribution is -2.56.